The van der Waals surface area contributed by atoms with Crippen LogP contribution in [0.3, 0.4) is 0 Å². The van der Waals surface area contributed by atoms with Gasteiger partial charge in [-0.2, -0.15) is 0 Å². The van der Waals surface area contributed by atoms with Gasteiger partial charge >= 0.3 is 0 Å². The molecule has 0 bridgehead atoms. The van der Waals surface area contributed by atoms with Gasteiger partial charge in [-0.15, -0.1) is 0 Å². The highest BCUT2D eigenvalue weighted by Gasteiger charge is 2.34. The van der Waals surface area contributed by atoms with E-state index in [1.807, 2.05) is 25.1 Å². The zero-order chi connectivity index (χ0) is 25.6. The van der Waals surface area contributed by atoms with E-state index in [-0.39, 0.29) is 18.0 Å². The number of aromatic nitrogens is 2. The van der Waals surface area contributed by atoms with Crippen LogP contribution >= 0.6 is 0 Å². The number of hydrogen-bond donors (Lipinski definition) is 1. The minimum atomic E-state index is 0.236. The lowest BCUT2D eigenvalue weighted by Crippen LogP contribution is -2.42. The van der Waals surface area contributed by atoms with Crippen molar-refractivity contribution in [3.8, 4) is 22.6 Å². The van der Waals surface area contributed by atoms with E-state index in [2.05, 4.69) is 52.7 Å². The van der Waals surface area contributed by atoms with Crippen LogP contribution in [0.5, 0.6) is 11.5 Å². The van der Waals surface area contributed by atoms with Gasteiger partial charge in [-0.05, 0) is 61.1 Å². The zero-order valence-corrected chi connectivity index (χ0v) is 21.4. The summed E-state index contributed by atoms with van der Waals surface area (Å²) in [5.41, 5.74) is 6.34. The number of aryl methyl sites for hydroxylation is 1. The number of carbonyl (C=O) groups is 1. The second kappa shape index (κ2) is 9.31. The van der Waals surface area contributed by atoms with Gasteiger partial charge < -0.3 is 19.7 Å². The normalized spacial score (nSPS) is 20.4. The van der Waals surface area contributed by atoms with Crippen molar-refractivity contribution in [1.29, 1.82) is 0 Å². The third-order valence-corrected chi connectivity index (χ3v) is 8.06. The summed E-state index contributed by atoms with van der Waals surface area (Å²) in [6.45, 7) is 3.86. The van der Waals surface area contributed by atoms with E-state index in [4.69, 9.17) is 19.4 Å². The maximum atomic E-state index is 12.9. The van der Waals surface area contributed by atoms with Crippen LogP contribution < -0.4 is 14.8 Å². The predicted octanol–water partition coefficient (Wildman–Crippen LogP) is 5.29. The van der Waals surface area contributed by atoms with Crippen molar-refractivity contribution in [2.75, 3.05) is 18.5 Å². The highest BCUT2D eigenvalue weighted by molar-refractivity contribution is 5.88. The van der Waals surface area contributed by atoms with Crippen molar-refractivity contribution in [2.24, 2.45) is 0 Å². The highest BCUT2D eigenvalue weighted by Crippen LogP contribution is 2.40. The molecule has 0 radical (unpaired) electrons. The van der Waals surface area contributed by atoms with E-state index in [0.717, 1.165) is 64.0 Å². The summed E-state index contributed by atoms with van der Waals surface area (Å²) in [6, 6.07) is 21.0. The molecule has 2 aliphatic heterocycles. The highest BCUT2D eigenvalue weighted by atomic mass is 16.6. The molecule has 7 nitrogen and oxygen atoms in total. The smallest absolute Gasteiger partial charge is 0.227 e. The summed E-state index contributed by atoms with van der Waals surface area (Å²) in [5.74, 6) is 2.46. The molecular weight excluding hydrogens is 476 g/mol. The molecule has 0 spiro atoms. The molecule has 0 saturated heterocycles. The number of fused-ring (bicyclic) bond motifs is 3. The Morgan fingerprint density at radius 2 is 1.82 bits per heavy atom. The van der Waals surface area contributed by atoms with Gasteiger partial charge in [0.25, 0.3) is 0 Å². The van der Waals surface area contributed by atoms with Crippen molar-refractivity contribution >= 4 is 22.8 Å². The predicted molar refractivity (Wildman–Crippen MR) is 146 cm³/mol. The Balaban J connectivity index is 1.09. The monoisotopic (exact) mass is 506 g/mol. The fourth-order valence-corrected chi connectivity index (χ4v) is 6.12. The standard InChI is InChI=1S/C31H30N4O3/c1-19-26-15-21(25-7-4-8-28-30(25)38-14-13-37-28)9-12-27(26)34-31(32-19)33-23-10-11-24(17-23)35-18-22-6-3-2-5-20(22)16-29(35)36/h2-9,12,15,23-24H,10-11,13-14,16-18H2,1H3,(H,32,33,34)/t23-,24+/m1/s1. The van der Waals surface area contributed by atoms with E-state index in [1.54, 1.807) is 0 Å². The average molecular weight is 507 g/mol. The molecule has 0 unspecified atom stereocenters. The molecule has 7 heteroatoms. The number of nitrogens with zero attached hydrogens (tertiary/aromatic N) is 3. The lowest BCUT2D eigenvalue weighted by Gasteiger charge is -2.34. The van der Waals surface area contributed by atoms with Gasteiger partial charge in [0.05, 0.1) is 17.6 Å². The average Bonchev–Trinajstić information content (AvgIpc) is 3.40. The van der Waals surface area contributed by atoms with Gasteiger partial charge in [0.15, 0.2) is 11.5 Å². The molecule has 7 rings (SSSR count). The Kier molecular flexibility index (Phi) is 5.64. The Bertz CT molecular complexity index is 1550. The zero-order valence-electron chi connectivity index (χ0n) is 21.4. The van der Waals surface area contributed by atoms with E-state index >= 15 is 0 Å². The molecule has 192 valence electrons. The van der Waals surface area contributed by atoms with Crippen molar-refractivity contribution in [3.05, 3.63) is 77.5 Å². The Morgan fingerprint density at radius 1 is 0.947 bits per heavy atom. The van der Waals surface area contributed by atoms with Crippen LogP contribution in [0.25, 0.3) is 22.0 Å². The first kappa shape index (κ1) is 23.0. The summed E-state index contributed by atoms with van der Waals surface area (Å²) in [7, 11) is 0. The van der Waals surface area contributed by atoms with Gasteiger partial charge in [-0.1, -0.05) is 42.5 Å². The van der Waals surface area contributed by atoms with Crippen LogP contribution in [-0.4, -0.2) is 46.1 Å². The number of nitrogens with one attached hydrogen (secondary N) is 1. The maximum Gasteiger partial charge on any atom is 0.227 e. The van der Waals surface area contributed by atoms with Crippen LogP contribution in [0.1, 0.15) is 36.1 Å². The number of carbonyl (C=O) groups excluding carboxylic acids is 1. The summed E-state index contributed by atoms with van der Waals surface area (Å²) < 4.78 is 11.7. The van der Waals surface area contributed by atoms with Crippen LogP contribution in [0.15, 0.2) is 60.7 Å². The van der Waals surface area contributed by atoms with Gasteiger partial charge in [0, 0.05) is 29.6 Å². The van der Waals surface area contributed by atoms with Crippen molar-refractivity contribution in [2.45, 2.75) is 51.2 Å². The first-order valence-electron chi connectivity index (χ1n) is 13.4. The summed E-state index contributed by atoms with van der Waals surface area (Å²) in [5, 5.41) is 4.59. The topological polar surface area (TPSA) is 76.6 Å². The minimum absolute atomic E-state index is 0.236. The van der Waals surface area contributed by atoms with Crippen LogP contribution in [0, 0.1) is 6.92 Å². The molecule has 3 aliphatic rings. The molecule has 1 amide bonds. The fraction of sp³-hybridized carbons (Fsp3) is 0.323. The van der Waals surface area contributed by atoms with E-state index in [9.17, 15) is 4.79 Å². The van der Waals surface area contributed by atoms with E-state index < -0.39 is 0 Å². The van der Waals surface area contributed by atoms with Crippen molar-refractivity contribution < 1.29 is 14.3 Å². The molecule has 38 heavy (non-hydrogen) atoms. The molecule has 2 atom stereocenters. The van der Waals surface area contributed by atoms with E-state index in [1.165, 1.54) is 5.56 Å². The second-order valence-corrected chi connectivity index (χ2v) is 10.5. The largest absolute Gasteiger partial charge is 0.486 e. The number of amides is 1. The molecular formula is C31H30N4O3. The SMILES string of the molecule is Cc1nc(N[C@@H]2CC[C@H](N3Cc4ccccc4CC3=O)C2)nc2ccc(-c3cccc4c3OCCO4)cc12. The number of rotatable bonds is 4. The van der Waals surface area contributed by atoms with Crippen LogP contribution in [0.2, 0.25) is 0 Å². The van der Waals surface area contributed by atoms with Gasteiger partial charge in [0.2, 0.25) is 11.9 Å². The molecule has 1 aromatic heterocycles. The number of hydrogen-bond acceptors (Lipinski definition) is 6. The Hall–Kier alpha value is -4.13. The molecule has 3 aromatic carbocycles. The summed E-state index contributed by atoms with van der Waals surface area (Å²) in [4.78, 5) is 24.6. The Morgan fingerprint density at radius 3 is 2.74 bits per heavy atom. The quantitative estimate of drug-likeness (QED) is 0.405. The Labute approximate surface area is 221 Å². The van der Waals surface area contributed by atoms with Gasteiger partial charge in [0.1, 0.15) is 13.2 Å². The molecule has 3 heterocycles. The van der Waals surface area contributed by atoms with Gasteiger partial charge in [-0.25, -0.2) is 9.97 Å². The molecule has 1 fully saturated rings. The maximum absolute atomic E-state index is 12.9. The second-order valence-electron chi connectivity index (χ2n) is 10.5. The lowest BCUT2D eigenvalue weighted by molar-refractivity contribution is -0.134. The van der Waals surface area contributed by atoms with Crippen LogP contribution in [-0.2, 0) is 17.8 Å². The van der Waals surface area contributed by atoms with Gasteiger partial charge in [-0.3, -0.25) is 4.79 Å². The van der Waals surface area contributed by atoms with Crippen LogP contribution in [0.4, 0.5) is 5.95 Å². The summed E-state index contributed by atoms with van der Waals surface area (Å²) in [6.07, 6.45) is 3.41. The third-order valence-electron chi connectivity index (χ3n) is 8.06. The molecule has 4 aromatic rings. The third kappa shape index (κ3) is 4.12. The first-order chi connectivity index (χ1) is 18.6. The minimum Gasteiger partial charge on any atom is -0.486 e. The first-order valence-corrected chi connectivity index (χ1v) is 13.4. The number of benzene rings is 3. The van der Waals surface area contributed by atoms with E-state index in [0.29, 0.717) is 32.1 Å². The number of ether oxygens (including phenoxy) is 2. The fourth-order valence-electron chi connectivity index (χ4n) is 6.12. The number of anilines is 1. The summed E-state index contributed by atoms with van der Waals surface area (Å²) >= 11 is 0. The molecule has 1 N–H and O–H groups in total. The van der Waals surface area contributed by atoms with Crippen molar-refractivity contribution in [3.63, 3.8) is 0 Å². The molecule has 1 saturated carbocycles. The lowest BCUT2D eigenvalue weighted by atomic mass is 9.97. The molecule has 1 aliphatic carbocycles. The number of para-hydroxylation sites is 1. The van der Waals surface area contributed by atoms with Crippen molar-refractivity contribution in [1.82, 2.24) is 14.9 Å².